The zero-order valence-corrected chi connectivity index (χ0v) is 14.2. The van der Waals surface area contributed by atoms with Gasteiger partial charge in [0.15, 0.2) is 0 Å². The highest BCUT2D eigenvalue weighted by molar-refractivity contribution is 7.89. The van der Waals surface area contributed by atoms with Crippen molar-refractivity contribution in [2.45, 2.75) is 25.3 Å². The van der Waals surface area contributed by atoms with Crippen LogP contribution in [-0.2, 0) is 16.6 Å². The zero-order valence-electron chi connectivity index (χ0n) is 11.7. The Morgan fingerprint density at radius 3 is 2.52 bits per heavy atom. The first-order valence-corrected chi connectivity index (χ1v) is 9.06. The van der Waals surface area contributed by atoms with Gasteiger partial charge in [0.25, 0.3) is 0 Å². The molecule has 0 bridgehead atoms. The van der Waals surface area contributed by atoms with Gasteiger partial charge in [0.2, 0.25) is 10.0 Å². The number of nitrogens with two attached hydrogens (primary N) is 1. The number of hydrogen-bond donors (Lipinski definition) is 2. The van der Waals surface area contributed by atoms with Gasteiger partial charge in [-0.2, -0.15) is 11.3 Å². The first-order valence-electron chi connectivity index (χ1n) is 6.23. The summed E-state index contributed by atoms with van der Waals surface area (Å²) in [5.41, 5.74) is 8.90. The number of hydrogen-bond acceptors (Lipinski definition) is 4. The van der Waals surface area contributed by atoms with Crippen LogP contribution in [0.4, 0.5) is 0 Å². The fourth-order valence-electron chi connectivity index (χ4n) is 1.92. The van der Waals surface area contributed by atoms with Crippen molar-refractivity contribution in [1.29, 1.82) is 0 Å². The van der Waals surface area contributed by atoms with Gasteiger partial charge >= 0.3 is 0 Å². The molecule has 0 aliphatic carbocycles. The van der Waals surface area contributed by atoms with E-state index in [1.807, 2.05) is 17.7 Å². The van der Waals surface area contributed by atoms with Crippen LogP contribution in [0, 0.1) is 13.8 Å². The first kappa shape index (κ1) is 16.1. The summed E-state index contributed by atoms with van der Waals surface area (Å²) < 4.78 is 27.4. The molecule has 1 aromatic heterocycles. The Morgan fingerprint density at radius 1 is 1.29 bits per heavy atom. The van der Waals surface area contributed by atoms with Crippen LogP contribution in [0.1, 0.15) is 22.3 Å². The molecule has 3 N–H and O–H groups in total. The Balaban J connectivity index is 2.23. The molecule has 2 rings (SSSR count). The molecule has 0 radical (unpaired) electrons. The Bertz CT molecular complexity index is 779. The summed E-state index contributed by atoms with van der Waals surface area (Å²) in [6.45, 7) is 3.97. The van der Waals surface area contributed by atoms with Crippen molar-refractivity contribution >= 4 is 38.6 Å². The van der Waals surface area contributed by atoms with Crippen LogP contribution in [0.3, 0.4) is 0 Å². The maximum atomic E-state index is 12.4. The van der Waals surface area contributed by atoms with Crippen molar-refractivity contribution in [2.24, 2.45) is 5.73 Å². The monoisotopic (exact) mass is 340 g/mol. The van der Waals surface area contributed by atoms with E-state index in [9.17, 15) is 8.42 Å². The maximum Gasteiger partial charge on any atom is 0.241 e. The minimum atomic E-state index is -3.56. The molecule has 0 unspecified atom stereocenters. The molecule has 0 aliphatic rings. The second-order valence-electron chi connectivity index (χ2n) is 4.75. The van der Waals surface area contributed by atoms with Crippen molar-refractivity contribution < 1.29 is 8.42 Å². The topological polar surface area (TPSA) is 72.2 Å². The second kappa shape index (κ2) is 6.23. The highest BCUT2D eigenvalue weighted by Gasteiger charge is 2.17. The van der Waals surface area contributed by atoms with Gasteiger partial charge in [-0.05, 0) is 53.4 Å². The predicted molar refractivity (Wildman–Crippen MR) is 90.1 cm³/mol. The van der Waals surface area contributed by atoms with E-state index in [4.69, 9.17) is 18.0 Å². The van der Waals surface area contributed by atoms with Gasteiger partial charge in [-0.25, -0.2) is 13.1 Å². The lowest BCUT2D eigenvalue weighted by Gasteiger charge is -2.10. The Labute approximate surface area is 134 Å². The van der Waals surface area contributed by atoms with E-state index in [0.717, 1.165) is 11.1 Å². The van der Waals surface area contributed by atoms with E-state index < -0.39 is 10.0 Å². The van der Waals surface area contributed by atoms with Crippen LogP contribution >= 0.6 is 23.6 Å². The van der Waals surface area contributed by atoms with Crippen molar-refractivity contribution in [3.8, 4) is 0 Å². The molecule has 21 heavy (non-hydrogen) atoms. The number of benzene rings is 1. The van der Waals surface area contributed by atoms with Crippen LogP contribution in [0.25, 0.3) is 0 Å². The molecule has 7 heteroatoms. The normalized spacial score (nSPS) is 11.5. The van der Waals surface area contributed by atoms with E-state index in [1.54, 1.807) is 30.4 Å². The van der Waals surface area contributed by atoms with Gasteiger partial charge < -0.3 is 5.73 Å². The van der Waals surface area contributed by atoms with E-state index in [0.29, 0.717) is 11.1 Å². The van der Waals surface area contributed by atoms with Gasteiger partial charge in [-0.15, -0.1) is 0 Å². The summed E-state index contributed by atoms with van der Waals surface area (Å²) in [4.78, 5) is 0.499. The highest BCUT2D eigenvalue weighted by atomic mass is 32.2. The fraction of sp³-hybridized carbons (Fsp3) is 0.214. The second-order valence-corrected chi connectivity index (χ2v) is 7.67. The summed E-state index contributed by atoms with van der Waals surface area (Å²) in [5.74, 6) is 0. The summed E-state index contributed by atoms with van der Waals surface area (Å²) in [6.07, 6.45) is 0. The molecule has 0 aliphatic heterocycles. The van der Waals surface area contributed by atoms with Gasteiger partial charge in [-0.1, -0.05) is 18.3 Å². The lowest BCUT2D eigenvalue weighted by molar-refractivity contribution is 0.580. The molecule has 0 saturated carbocycles. The fourth-order valence-corrected chi connectivity index (χ4v) is 4.14. The van der Waals surface area contributed by atoms with E-state index in [-0.39, 0.29) is 16.4 Å². The first-order chi connectivity index (χ1) is 9.81. The number of thiocarbonyl (C=S) groups is 1. The van der Waals surface area contributed by atoms with Gasteiger partial charge in [0.1, 0.15) is 4.99 Å². The number of nitrogens with one attached hydrogen (secondary N) is 1. The highest BCUT2D eigenvalue weighted by Crippen LogP contribution is 2.18. The molecule has 0 spiro atoms. The number of sulfonamides is 1. The van der Waals surface area contributed by atoms with Crippen molar-refractivity contribution in [3.63, 3.8) is 0 Å². The lowest BCUT2D eigenvalue weighted by atomic mass is 10.1. The molecule has 1 aromatic carbocycles. The number of thiophene rings is 1. The molecular weight excluding hydrogens is 324 g/mol. The third-order valence-corrected chi connectivity index (χ3v) is 5.87. The minimum absolute atomic E-state index is 0.246. The van der Waals surface area contributed by atoms with E-state index in [1.165, 1.54) is 6.07 Å². The molecule has 2 aromatic rings. The Kier molecular flexibility index (Phi) is 4.77. The molecule has 0 saturated heterocycles. The van der Waals surface area contributed by atoms with Crippen LogP contribution < -0.4 is 10.5 Å². The van der Waals surface area contributed by atoms with E-state index in [2.05, 4.69) is 4.72 Å². The third kappa shape index (κ3) is 3.68. The van der Waals surface area contributed by atoms with E-state index >= 15 is 0 Å². The molecular formula is C14H16N2O2S3. The quantitative estimate of drug-likeness (QED) is 0.820. The van der Waals surface area contributed by atoms with Crippen molar-refractivity contribution in [3.05, 3.63) is 51.2 Å². The molecule has 0 amide bonds. The average molecular weight is 340 g/mol. The largest absolute Gasteiger partial charge is 0.389 e. The number of aryl methyl sites for hydroxylation is 2. The molecule has 0 fully saturated rings. The van der Waals surface area contributed by atoms with Crippen molar-refractivity contribution in [1.82, 2.24) is 4.72 Å². The lowest BCUT2D eigenvalue weighted by Crippen LogP contribution is -2.24. The SMILES string of the molecule is Cc1cscc1CNS(=O)(=O)c1ccc(C(N)=S)cc1C. The molecule has 1 heterocycles. The zero-order chi connectivity index (χ0) is 15.6. The van der Waals surface area contributed by atoms with Crippen LogP contribution in [0.15, 0.2) is 33.9 Å². The predicted octanol–water partition coefficient (Wildman–Crippen LogP) is 2.48. The van der Waals surface area contributed by atoms with Gasteiger partial charge in [-0.3, -0.25) is 0 Å². The molecule has 0 atom stereocenters. The van der Waals surface area contributed by atoms with Crippen LogP contribution in [0.2, 0.25) is 0 Å². The minimum Gasteiger partial charge on any atom is -0.389 e. The number of rotatable bonds is 5. The van der Waals surface area contributed by atoms with Crippen LogP contribution in [-0.4, -0.2) is 13.4 Å². The van der Waals surface area contributed by atoms with Crippen molar-refractivity contribution in [2.75, 3.05) is 0 Å². The Hall–Kier alpha value is -1.28. The third-order valence-electron chi connectivity index (χ3n) is 3.16. The Morgan fingerprint density at radius 2 is 2.00 bits per heavy atom. The van der Waals surface area contributed by atoms with Gasteiger partial charge in [0, 0.05) is 12.1 Å². The average Bonchev–Trinajstić information content (AvgIpc) is 2.81. The summed E-state index contributed by atoms with van der Waals surface area (Å²) in [7, 11) is -3.56. The molecule has 4 nitrogen and oxygen atoms in total. The standard InChI is InChI=1S/C14H16N2O2S3/c1-9-5-11(14(15)19)3-4-13(9)21(17,18)16-6-12-8-20-7-10(12)2/h3-5,7-8,16H,6H2,1-2H3,(H2,15,19). The smallest absolute Gasteiger partial charge is 0.241 e. The summed E-state index contributed by atoms with van der Waals surface area (Å²) in [6, 6.07) is 4.85. The summed E-state index contributed by atoms with van der Waals surface area (Å²) >= 11 is 6.45. The molecule has 112 valence electrons. The summed E-state index contributed by atoms with van der Waals surface area (Å²) in [5, 5.41) is 3.94. The van der Waals surface area contributed by atoms with Crippen LogP contribution in [0.5, 0.6) is 0 Å². The maximum absolute atomic E-state index is 12.4. The van der Waals surface area contributed by atoms with Gasteiger partial charge in [0.05, 0.1) is 4.90 Å².